The zero-order valence-electron chi connectivity index (χ0n) is 10.9. The van der Waals surface area contributed by atoms with E-state index in [-0.39, 0.29) is 19.3 Å². The Balaban J connectivity index is 3.31. The number of carboxylic acid groups (broad SMARTS) is 2. The first-order valence-electron chi connectivity index (χ1n) is 5.78. The van der Waals surface area contributed by atoms with Gasteiger partial charge in [0.05, 0.1) is 19.3 Å². The first-order chi connectivity index (χ1) is 9.33. The number of hydrogen-bond acceptors (Lipinski definition) is 5. The van der Waals surface area contributed by atoms with E-state index in [1.807, 2.05) is 0 Å². The second-order valence-electron chi connectivity index (χ2n) is 4.37. The van der Waals surface area contributed by atoms with Crippen molar-refractivity contribution in [2.24, 2.45) is 5.90 Å². The first kappa shape index (κ1) is 15.6. The van der Waals surface area contributed by atoms with Crippen molar-refractivity contribution in [2.45, 2.75) is 26.2 Å². The molecule has 1 aromatic carbocycles. The summed E-state index contributed by atoms with van der Waals surface area (Å²) in [5, 5.41) is 17.8. The van der Waals surface area contributed by atoms with Gasteiger partial charge >= 0.3 is 17.9 Å². The van der Waals surface area contributed by atoms with Crippen molar-refractivity contribution >= 4 is 17.9 Å². The van der Waals surface area contributed by atoms with Crippen molar-refractivity contribution in [3.05, 3.63) is 34.4 Å². The Kier molecular flexibility index (Phi) is 5.22. The van der Waals surface area contributed by atoms with Crippen LogP contribution in [0.4, 0.5) is 0 Å². The average molecular weight is 281 g/mol. The highest BCUT2D eigenvalue weighted by atomic mass is 16.7. The third-order valence-electron chi connectivity index (χ3n) is 2.71. The number of hydrogen-bond donors (Lipinski definition) is 3. The fraction of sp³-hybridized carbons (Fsp3) is 0.308. The second-order valence-corrected chi connectivity index (χ2v) is 4.37. The molecule has 0 saturated heterocycles. The zero-order valence-corrected chi connectivity index (χ0v) is 10.9. The van der Waals surface area contributed by atoms with Gasteiger partial charge in [0.15, 0.2) is 0 Å². The maximum Gasteiger partial charge on any atom is 0.328 e. The largest absolute Gasteiger partial charge is 0.481 e. The summed E-state index contributed by atoms with van der Waals surface area (Å²) in [6.07, 6.45) is -0.870. The highest BCUT2D eigenvalue weighted by molar-refractivity contribution is 5.78. The van der Waals surface area contributed by atoms with Gasteiger partial charge in [0.2, 0.25) is 0 Å². The lowest BCUT2D eigenvalue weighted by Crippen LogP contribution is -2.17. The van der Waals surface area contributed by atoms with Gasteiger partial charge in [-0.1, -0.05) is 17.7 Å². The Morgan fingerprint density at radius 1 is 1.05 bits per heavy atom. The molecular weight excluding hydrogens is 266 g/mol. The van der Waals surface area contributed by atoms with Crippen molar-refractivity contribution in [1.29, 1.82) is 0 Å². The molecule has 0 fully saturated rings. The van der Waals surface area contributed by atoms with Gasteiger partial charge in [-0.2, -0.15) is 5.90 Å². The molecule has 0 saturated carbocycles. The molecule has 0 aromatic heterocycles. The van der Waals surface area contributed by atoms with Crippen LogP contribution >= 0.6 is 0 Å². The predicted octanol–water partition coefficient (Wildman–Crippen LogP) is 0.209. The highest BCUT2D eigenvalue weighted by Gasteiger charge is 2.17. The van der Waals surface area contributed by atoms with E-state index in [2.05, 4.69) is 4.84 Å². The van der Waals surface area contributed by atoms with Gasteiger partial charge in [-0.3, -0.25) is 14.4 Å². The number of carbonyl (C=O) groups is 3. The van der Waals surface area contributed by atoms with E-state index in [9.17, 15) is 14.4 Å². The van der Waals surface area contributed by atoms with E-state index < -0.39 is 17.9 Å². The monoisotopic (exact) mass is 281 g/mol. The summed E-state index contributed by atoms with van der Waals surface area (Å²) in [6.45, 7) is 1.72. The Labute approximate surface area is 114 Å². The van der Waals surface area contributed by atoms with Crippen LogP contribution in [0.1, 0.15) is 22.3 Å². The number of rotatable bonds is 6. The maximum absolute atomic E-state index is 11.3. The molecule has 0 aliphatic heterocycles. The van der Waals surface area contributed by atoms with Crippen molar-refractivity contribution in [1.82, 2.24) is 0 Å². The Morgan fingerprint density at radius 2 is 1.50 bits per heavy atom. The third-order valence-corrected chi connectivity index (χ3v) is 2.71. The number of carboxylic acids is 2. The fourth-order valence-electron chi connectivity index (χ4n) is 2.03. The molecule has 20 heavy (non-hydrogen) atoms. The molecule has 0 aliphatic rings. The van der Waals surface area contributed by atoms with Gasteiger partial charge in [0, 0.05) is 0 Å². The second kappa shape index (κ2) is 6.67. The number of aliphatic carboxylic acids is 2. The summed E-state index contributed by atoms with van der Waals surface area (Å²) < 4.78 is 0. The minimum Gasteiger partial charge on any atom is -0.481 e. The van der Waals surface area contributed by atoms with Gasteiger partial charge in [-0.15, -0.1) is 0 Å². The molecule has 0 bridgehead atoms. The van der Waals surface area contributed by atoms with E-state index in [4.69, 9.17) is 16.1 Å². The van der Waals surface area contributed by atoms with Crippen LogP contribution in [0.2, 0.25) is 0 Å². The lowest BCUT2D eigenvalue weighted by atomic mass is 9.92. The third kappa shape index (κ3) is 4.36. The molecule has 7 heteroatoms. The smallest absolute Gasteiger partial charge is 0.328 e. The van der Waals surface area contributed by atoms with E-state index >= 15 is 0 Å². The van der Waals surface area contributed by atoms with Crippen LogP contribution in [-0.4, -0.2) is 28.1 Å². The molecule has 4 N–H and O–H groups in total. The molecular formula is C13H15NO6. The van der Waals surface area contributed by atoms with Gasteiger partial charge in [-0.25, -0.2) is 0 Å². The molecule has 0 aliphatic carbocycles. The van der Waals surface area contributed by atoms with E-state index in [1.54, 1.807) is 19.1 Å². The van der Waals surface area contributed by atoms with E-state index in [1.165, 1.54) is 0 Å². The molecule has 0 heterocycles. The molecule has 1 rings (SSSR count). The van der Waals surface area contributed by atoms with E-state index in [0.29, 0.717) is 16.7 Å². The Morgan fingerprint density at radius 3 is 1.85 bits per heavy atom. The average Bonchev–Trinajstić information content (AvgIpc) is 2.31. The summed E-state index contributed by atoms with van der Waals surface area (Å²) in [6, 6.07) is 3.22. The molecule has 0 atom stereocenters. The summed E-state index contributed by atoms with van der Waals surface area (Å²) in [5.41, 5.74) is 1.84. The molecule has 0 spiro atoms. The molecule has 0 amide bonds. The molecule has 7 nitrogen and oxygen atoms in total. The first-order valence-corrected chi connectivity index (χ1v) is 5.78. The number of nitrogens with two attached hydrogens (primary N) is 1. The van der Waals surface area contributed by atoms with Gasteiger partial charge in [-0.05, 0) is 23.6 Å². The topological polar surface area (TPSA) is 127 Å². The van der Waals surface area contributed by atoms with Gasteiger partial charge in [0.25, 0.3) is 0 Å². The van der Waals surface area contributed by atoms with Crippen LogP contribution in [0, 0.1) is 6.92 Å². The summed E-state index contributed by atoms with van der Waals surface area (Å²) >= 11 is 0. The lowest BCUT2D eigenvalue weighted by Gasteiger charge is -2.13. The molecule has 0 radical (unpaired) electrons. The quantitative estimate of drug-likeness (QED) is 0.636. The van der Waals surface area contributed by atoms with Crippen LogP contribution in [0.25, 0.3) is 0 Å². The predicted molar refractivity (Wildman–Crippen MR) is 67.8 cm³/mol. The Hall–Kier alpha value is -2.41. The zero-order chi connectivity index (χ0) is 15.3. The van der Waals surface area contributed by atoms with Crippen molar-refractivity contribution in [3.63, 3.8) is 0 Å². The van der Waals surface area contributed by atoms with Crippen LogP contribution < -0.4 is 5.90 Å². The van der Waals surface area contributed by atoms with Crippen LogP contribution in [-0.2, 0) is 38.5 Å². The van der Waals surface area contributed by atoms with Crippen LogP contribution in [0.15, 0.2) is 12.1 Å². The lowest BCUT2D eigenvalue weighted by molar-refractivity contribution is -0.143. The minimum atomic E-state index is -1.07. The number of carbonyl (C=O) groups excluding carboxylic acids is 1. The fourth-order valence-corrected chi connectivity index (χ4v) is 2.03. The molecule has 1 aromatic rings. The standard InChI is InChI=1S/C13H15NO6/c1-7-2-8(4-11(15)16)10(6-13(19)20-14)9(3-7)5-12(17)18/h2-3H,4-6,14H2,1H3,(H,15,16)(H,17,18). The van der Waals surface area contributed by atoms with Gasteiger partial charge in [0.1, 0.15) is 0 Å². The van der Waals surface area contributed by atoms with Gasteiger partial charge < -0.3 is 15.1 Å². The van der Waals surface area contributed by atoms with Crippen molar-refractivity contribution in [3.8, 4) is 0 Å². The number of benzene rings is 1. The maximum atomic E-state index is 11.3. The molecule has 0 unspecified atom stereocenters. The minimum absolute atomic E-state index is 0.262. The highest BCUT2D eigenvalue weighted by Crippen LogP contribution is 2.20. The summed E-state index contributed by atoms with van der Waals surface area (Å²) in [4.78, 5) is 37.1. The molecule has 108 valence electrons. The SMILES string of the molecule is Cc1cc(CC(=O)O)c(CC(=O)ON)c(CC(=O)O)c1. The Bertz CT molecular complexity index is 515. The normalized spacial score (nSPS) is 10.1. The summed E-state index contributed by atoms with van der Waals surface area (Å²) in [7, 11) is 0. The van der Waals surface area contributed by atoms with Crippen molar-refractivity contribution < 1.29 is 29.4 Å². The van der Waals surface area contributed by atoms with Crippen LogP contribution in [0.3, 0.4) is 0 Å². The van der Waals surface area contributed by atoms with Crippen LogP contribution in [0.5, 0.6) is 0 Å². The van der Waals surface area contributed by atoms with E-state index in [0.717, 1.165) is 5.56 Å². The summed E-state index contributed by atoms with van der Waals surface area (Å²) in [5.74, 6) is 1.87. The van der Waals surface area contributed by atoms with Crippen molar-refractivity contribution in [2.75, 3.05) is 0 Å². The number of aryl methyl sites for hydroxylation is 1.